The number of nitrogens with zero attached hydrogens (tertiary/aromatic N) is 3. The molecule has 2 aromatic rings. The zero-order valence-electron chi connectivity index (χ0n) is 14.9. The molecule has 1 aliphatic rings. The average Bonchev–Trinajstić information content (AvgIpc) is 2.64. The zero-order valence-corrected chi connectivity index (χ0v) is 14.9. The van der Waals surface area contributed by atoms with Crippen LogP contribution in [0.3, 0.4) is 0 Å². The number of hydrogen-bond acceptors (Lipinski definition) is 7. The average molecular weight is 355 g/mol. The summed E-state index contributed by atoms with van der Waals surface area (Å²) in [5, 5.41) is 6.42. The van der Waals surface area contributed by atoms with Crippen LogP contribution < -0.4 is 22.1 Å². The Morgan fingerprint density at radius 1 is 1.23 bits per heavy atom. The third kappa shape index (κ3) is 4.26. The smallest absolute Gasteiger partial charge is 0.271 e. The van der Waals surface area contributed by atoms with Gasteiger partial charge in [-0.2, -0.15) is 0 Å². The van der Waals surface area contributed by atoms with Crippen LogP contribution in [0.2, 0.25) is 0 Å². The van der Waals surface area contributed by atoms with E-state index < -0.39 is 5.91 Å². The van der Waals surface area contributed by atoms with Crippen LogP contribution >= 0.6 is 0 Å². The van der Waals surface area contributed by atoms with Crippen molar-refractivity contribution in [2.24, 2.45) is 11.5 Å². The van der Waals surface area contributed by atoms with Gasteiger partial charge in [-0.05, 0) is 31.4 Å². The molecule has 0 unspecified atom stereocenters. The molecule has 138 valence electrons. The Morgan fingerprint density at radius 3 is 2.69 bits per heavy atom. The minimum atomic E-state index is -0.640. The number of pyridine rings is 1. The lowest BCUT2D eigenvalue weighted by atomic mass is 9.91. The lowest BCUT2D eigenvalue weighted by Gasteiger charge is -2.29. The number of aryl methyl sites for hydroxylation is 1. The number of primary amides is 1. The Balaban J connectivity index is 1.82. The van der Waals surface area contributed by atoms with E-state index >= 15 is 0 Å². The van der Waals surface area contributed by atoms with E-state index in [9.17, 15) is 4.79 Å². The molecular formula is C18H25N7O. The van der Waals surface area contributed by atoms with Crippen LogP contribution in [0, 0.1) is 0 Å². The summed E-state index contributed by atoms with van der Waals surface area (Å²) in [6, 6.07) is 4.04. The molecule has 1 saturated carbocycles. The van der Waals surface area contributed by atoms with Crippen LogP contribution in [0.1, 0.15) is 48.8 Å². The number of aromatic nitrogens is 3. The fourth-order valence-electron chi connectivity index (χ4n) is 3.10. The molecule has 0 bridgehead atoms. The molecule has 0 saturated heterocycles. The lowest BCUT2D eigenvalue weighted by molar-refractivity contribution is 0.0996. The van der Waals surface area contributed by atoms with E-state index in [4.69, 9.17) is 11.5 Å². The molecule has 0 aliphatic heterocycles. The number of rotatable bonds is 6. The normalized spacial score (nSPS) is 19.8. The van der Waals surface area contributed by atoms with Gasteiger partial charge in [-0.3, -0.25) is 9.78 Å². The lowest BCUT2D eigenvalue weighted by Crippen LogP contribution is -2.42. The first kappa shape index (κ1) is 18.1. The van der Waals surface area contributed by atoms with Gasteiger partial charge in [-0.25, -0.2) is 9.97 Å². The quantitative estimate of drug-likeness (QED) is 0.622. The number of carbonyl (C=O) groups is 1. The van der Waals surface area contributed by atoms with E-state index in [-0.39, 0.29) is 17.8 Å². The zero-order chi connectivity index (χ0) is 18.5. The van der Waals surface area contributed by atoms with Gasteiger partial charge < -0.3 is 22.1 Å². The van der Waals surface area contributed by atoms with E-state index in [2.05, 4.69) is 25.6 Å². The van der Waals surface area contributed by atoms with E-state index in [1.54, 1.807) is 6.20 Å². The summed E-state index contributed by atoms with van der Waals surface area (Å²) in [4.78, 5) is 24.7. The molecule has 3 rings (SSSR count). The van der Waals surface area contributed by atoms with Gasteiger partial charge in [0, 0.05) is 17.8 Å². The summed E-state index contributed by atoms with van der Waals surface area (Å²) in [6.07, 6.45) is 8.34. The van der Waals surface area contributed by atoms with Gasteiger partial charge in [0.15, 0.2) is 11.5 Å². The van der Waals surface area contributed by atoms with Gasteiger partial charge in [0.1, 0.15) is 5.82 Å². The largest absolute Gasteiger partial charge is 0.364 e. The molecule has 1 amide bonds. The maximum absolute atomic E-state index is 11.7. The van der Waals surface area contributed by atoms with Gasteiger partial charge in [0.05, 0.1) is 18.1 Å². The van der Waals surface area contributed by atoms with Crippen molar-refractivity contribution in [2.45, 2.75) is 51.1 Å². The Hall–Kier alpha value is -2.74. The number of carbonyl (C=O) groups excluding carboxylic acids is 1. The monoisotopic (exact) mass is 355 g/mol. The predicted octanol–water partition coefficient (Wildman–Crippen LogP) is 1.96. The highest BCUT2D eigenvalue weighted by Crippen LogP contribution is 2.23. The van der Waals surface area contributed by atoms with Crippen molar-refractivity contribution in [1.82, 2.24) is 15.0 Å². The molecule has 2 heterocycles. The van der Waals surface area contributed by atoms with Crippen LogP contribution in [0.15, 0.2) is 24.5 Å². The Kier molecular flexibility index (Phi) is 5.62. The first-order valence-electron chi connectivity index (χ1n) is 8.97. The molecule has 0 spiro atoms. The first-order valence-corrected chi connectivity index (χ1v) is 8.97. The molecule has 1 aliphatic carbocycles. The molecule has 1 fully saturated rings. The van der Waals surface area contributed by atoms with Crippen LogP contribution in [0.25, 0.3) is 0 Å². The maximum Gasteiger partial charge on any atom is 0.271 e. The summed E-state index contributed by atoms with van der Waals surface area (Å²) >= 11 is 0. The summed E-state index contributed by atoms with van der Waals surface area (Å²) in [5.74, 6) is 0.231. The summed E-state index contributed by atoms with van der Waals surface area (Å²) in [6.45, 7) is 2.04. The number of nitrogens with one attached hydrogen (secondary N) is 2. The molecule has 0 radical (unpaired) electrons. The third-order valence-corrected chi connectivity index (χ3v) is 4.61. The summed E-state index contributed by atoms with van der Waals surface area (Å²) < 4.78 is 0. The molecular weight excluding hydrogens is 330 g/mol. The van der Waals surface area contributed by atoms with E-state index in [1.165, 1.54) is 6.20 Å². The minimum absolute atomic E-state index is 0.0862. The standard InChI is InChI=1S/C18H25N7O/c1-2-11-7-8-12(9-21-11)23-18-16(17(20)26)22-10-15(25-18)24-14-6-4-3-5-13(14)19/h7-10,13-14H,2-6,19H2,1H3,(H2,20,26)(H2,23,24,25)/t13-,14+/m0/s1. The van der Waals surface area contributed by atoms with Gasteiger partial charge in [-0.1, -0.05) is 19.8 Å². The number of amides is 1. The van der Waals surface area contributed by atoms with Crippen molar-refractivity contribution in [2.75, 3.05) is 10.6 Å². The van der Waals surface area contributed by atoms with Crippen molar-refractivity contribution in [3.63, 3.8) is 0 Å². The topological polar surface area (TPSA) is 132 Å². The number of nitrogens with two attached hydrogens (primary N) is 2. The van der Waals surface area contributed by atoms with Crippen molar-refractivity contribution in [3.05, 3.63) is 35.9 Å². The van der Waals surface area contributed by atoms with Gasteiger partial charge in [-0.15, -0.1) is 0 Å². The minimum Gasteiger partial charge on any atom is -0.364 e. The highest BCUT2D eigenvalue weighted by atomic mass is 16.1. The Bertz CT molecular complexity index is 763. The second-order valence-corrected chi connectivity index (χ2v) is 6.53. The number of hydrogen-bond donors (Lipinski definition) is 4. The predicted molar refractivity (Wildman–Crippen MR) is 101 cm³/mol. The van der Waals surface area contributed by atoms with Crippen molar-refractivity contribution < 1.29 is 4.79 Å². The third-order valence-electron chi connectivity index (χ3n) is 4.61. The maximum atomic E-state index is 11.7. The Morgan fingerprint density at radius 2 is 2.04 bits per heavy atom. The molecule has 2 aromatic heterocycles. The first-order chi connectivity index (χ1) is 12.6. The van der Waals surface area contributed by atoms with Crippen LogP contribution in [0.5, 0.6) is 0 Å². The van der Waals surface area contributed by atoms with Crippen molar-refractivity contribution in [3.8, 4) is 0 Å². The summed E-state index contributed by atoms with van der Waals surface area (Å²) in [5.41, 5.74) is 13.4. The molecule has 2 atom stereocenters. The van der Waals surface area contributed by atoms with E-state index in [0.717, 1.165) is 37.8 Å². The van der Waals surface area contributed by atoms with E-state index in [1.807, 2.05) is 19.1 Å². The second-order valence-electron chi connectivity index (χ2n) is 6.53. The van der Waals surface area contributed by atoms with Gasteiger partial charge in [0.25, 0.3) is 5.91 Å². The van der Waals surface area contributed by atoms with Crippen molar-refractivity contribution >= 4 is 23.2 Å². The molecule has 8 nitrogen and oxygen atoms in total. The van der Waals surface area contributed by atoms with Crippen LogP contribution in [-0.2, 0) is 6.42 Å². The fourth-order valence-corrected chi connectivity index (χ4v) is 3.10. The number of anilines is 3. The van der Waals surface area contributed by atoms with E-state index in [0.29, 0.717) is 17.3 Å². The molecule has 0 aromatic carbocycles. The fraction of sp³-hybridized carbons (Fsp3) is 0.444. The summed E-state index contributed by atoms with van der Waals surface area (Å²) in [7, 11) is 0. The van der Waals surface area contributed by atoms with Gasteiger partial charge >= 0.3 is 0 Å². The Labute approximate surface area is 152 Å². The van der Waals surface area contributed by atoms with Crippen molar-refractivity contribution in [1.29, 1.82) is 0 Å². The van der Waals surface area contributed by atoms with Crippen LogP contribution in [0.4, 0.5) is 17.3 Å². The molecule has 26 heavy (non-hydrogen) atoms. The molecule has 8 heteroatoms. The SMILES string of the molecule is CCc1ccc(Nc2nc(N[C@@H]3CCCC[C@@H]3N)cnc2C(N)=O)cn1. The molecule has 6 N–H and O–H groups in total. The van der Waals surface area contributed by atoms with Crippen LogP contribution in [-0.4, -0.2) is 32.9 Å². The van der Waals surface area contributed by atoms with Gasteiger partial charge in [0.2, 0.25) is 0 Å². The highest BCUT2D eigenvalue weighted by molar-refractivity contribution is 5.96. The highest BCUT2D eigenvalue weighted by Gasteiger charge is 2.22. The second kappa shape index (κ2) is 8.09.